The molecule has 7 heteroatoms. The Morgan fingerprint density at radius 3 is 2.50 bits per heavy atom. The first kappa shape index (κ1) is 15.4. The highest BCUT2D eigenvalue weighted by Crippen LogP contribution is 2.22. The standard InChI is InChI=1S/C15H19FN2O3S/c16-12-1-3-13(4-2-12)22(20)14-5-6-18(11-14)15(19)17-7-9-21-10-8-17/h1-4,14H,5-11H2. The molecule has 2 aliphatic heterocycles. The molecule has 0 saturated carbocycles. The summed E-state index contributed by atoms with van der Waals surface area (Å²) >= 11 is 0. The van der Waals surface area contributed by atoms with Crippen LogP contribution in [-0.4, -0.2) is 64.7 Å². The SMILES string of the molecule is O=C(N1CCOCC1)N1CCC(S(=O)c2ccc(F)cc2)C1. The van der Waals surface area contributed by atoms with Gasteiger partial charge in [-0.05, 0) is 30.7 Å². The first-order valence-electron chi connectivity index (χ1n) is 7.43. The molecular formula is C15H19FN2O3S. The molecular weight excluding hydrogens is 307 g/mol. The summed E-state index contributed by atoms with van der Waals surface area (Å²) in [6, 6.07) is 5.75. The molecule has 2 fully saturated rings. The van der Waals surface area contributed by atoms with E-state index in [1.165, 1.54) is 12.1 Å². The smallest absolute Gasteiger partial charge is 0.320 e. The normalized spacial score (nSPS) is 23.6. The first-order chi connectivity index (χ1) is 10.6. The van der Waals surface area contributed by atoms with Gasteiger partial charge in [0.1, 0.15) is 5.82 Å². The molecule has 0 radical (unpaired) electrons. The summed E-state index contributed by atoms with van der Waals surface area (Å²) < 4.78 is 30.7. The van der Waals surface area contributed by atoms with Crippen LogP contribution in [0.5, 0.6) is 0 Å². The van der Waals surface area contributed by atoms with Crippen molar-refractivity contribution in [3.05, 3.63) is 30.1 Å². The molecule has 2 saturated heterocycles. The van der Waals surface area contributed by atoms with Crippen LogP contribution in [0.1, 0.15) is 6.42 Å². The Bertz CT molecular complexity index is 560. The molecule has 2 aliphatic rings. The maximum Gasteiger partial charge on any atom is 0.320 e. The Hall–Kier alpha value is -1.47. The molecule has 0 aliphatic carbocycles. The van der Waals surface area contributed by atoms with Crippen LogP contribution in [0.2, 0.25) is 0 Å². The second kappa shape index (κ2) is 6.75. The minimum absolute atomic E-state index is 0.00176. The zero-order valence-corrected chi connectivity index (χ0v) is 13.1. The second-order valence-electron chi connectivity index (χ2n) is 5.49. The molecule has 2 amide bonds. The Kier molecular flexibility index (Phi) is 4.73. The monoisotopic (exact) mass is 326 g/mol. The lowest BCUT2D eigenvalue weighted by Gasteiger charge is -2.30. The average Bonchev–Trinajstić information content (AvgIpc) is 3.05. The summed E-state index contributed by atoms with van der Waals surface area (Å²) in [6.45, 7) is 3.48. The topological polar surface area (TPSA) is 49.9 Å². The second-order valence-corrected chi connectivity index (χ2v) is 7.22. The number of benzene rings is 1. The Morgan fingerprint density at radius 1 is 1.14 bits per heavy atom. The maximum atomic E-state index is 12.9. The Balaban J connectivity index is 1.60. The fourth-order valence-electron chi connectivity index (χ4n) is 2.79. The molecule has 0 bridgehead atoms. The minimum Gasteiger partial charge on any atom is -0.378 e. The summed E-state index contributed by atoms with van der Waals surface area (Å²) in [5, 5.41) is -0.0875. The van der Waals surface area contributed by atoms with Crippen LogP contribution in [0.15, 0.2) is 29.2 Å². The van der Waals surface area contributed by atoms with E-state index in [4.69, 9.17) is 4.74 Å². The van der Waals surface area contributed by atoms with E-state index in [0.29, 0.717) is 50.7 Å². The van der Waals surface area contributed by atoms with Crippen molar-refractivity contribution >= 4 is 16.8 Å². The quantitative estimate of drug-likeness (QED) is 0.827. The molecule has 120 valence electrons. The van der Waals surface area contributed by atoms with E-state index in [1.807, 2.05) is 0 Å². The van der Waals surface area contributed by atoms with Gasteiger partial charge in [0.2, 0.25) is 0 Å². The van der Waals surface area contributed by atoms with E-state index in [0.717, 1.165) is 0 Å². The minimum atomic E-state index is -1.21. The summed E-state index contributed by atoms with van der Waals surface area (Å²) in [5.74, 6) is -0.337. The fourth-order valence-corrected chi connectivity index (χ4v) is 4.22. The largest absolute Gasteiger partial charge is 0.378 e. The number of rotatable bonds is 2. The van der Waals surface area contributed by atoms with E-state index in [9.17, 15) is 13.4 Å². The highest BCUT2D eigenvalue weighted by molar-refractivity contribution is 7.85. The molecule has 0 N–H and O–H groups in total. The summed E-state index contributed by atoms with van der Waals surface area (Å²) in [7, 11) is -1.21. The van der Waals surface area contributed by atoms with Gasteiger partial charge in [-0.2, -0.15) is 0 Å². The third-order valence-corrected chi connectivity index (χ3v) is 5.77. The van der Waals surface area contributed by atoms with Crippen molar-refractivity contribution in [1.82, 2.24) is 9.80 Å². The van der Waals surface area contributed by atoms with Gasteiger partial charge in [-0.15, -0.1) is 0 Å². The molecule has 0 aromatic heterocycles. The third kappa shape index (κ3) is 3.30. The highest BCUT2D eigenvalue weighted by Gasteiger charge is 2.33. The van der Waals surface area contributed by atoms with Gasteiger partial charge in [-0.25, -0.2) is 9.18 Å². The fraction of sp³-hybridized carbons (Fsp3) is 0.533. The number of amides is 2. The van der Waals surface area contributed by atoms with Gasteiger partial charge >= 0.3 is 6.03 Å². The molecule has 5 nitrogen and oxygen atoms in total. The summed E-state index contributed by atoms with van der Waals surface area (Å²) in [6.07, 6.45) is 0.708. The van der Waals surface area contributed by atoms with Crippen molar-refractivity contribution in [2.45, 2.75) is 16.6 Å². The van der Waals surface area contributed by atoms with Crippen LogP contribution >= 0.6 is 0 Å². The molecule has 1 aromatic carbocycles. The van der Waals surface area contributed by atoms with Crippen molar-refractivity contribution in [3.63, 3.8) is 0 Å². The van der Waals surface area contributed by atoms with Gasteiger partial charge < -0.3 is 14.5 Å². The lowest BCUT2D eigenvalue weighted by molar-refractivity contribution is 0.0452. The molecule has 2 unspecified atom stereocenters. The third-order valence-electron chi connectivity index (χ3n) is 4.05. The van der Waals surface area contributed by atoms with Crippen LogP contribution in [0.4, 0.5) is 9.18 Å². The number of carbonyl (C=O) groups is 1. The van der Waals surface area contributed by atoms with Crippen LogP contribution in [-0.2, 0) is 15.5 Å². The average molecular weight is 326 g/mol. The molecule has 3 rings (SSSR count). The molecule has 0 spiro atoms. The van der Waals surface area contributed by atoms with E-state index in [-0.39, 0.29) is 17.1 Å². The van der Waals surface area contributed by atoms with Crippen molar-refractivity contribution in [2.24, 2.45) is 0 Å². The van der Waals surface area contributed by atoms with E-state index >= 15 is 0 Å². The number of carbonyl (C=O) groups excluding carboxylic acids is 1. The lowest BCUT2D eigenvalue weighted by Crippen LogP contribution is -2.47. The van der Waals surface area contributed by atoms with E-state index < -0.39 is 10.8 Å². The Morgan fingerprint density at radius 2 is 1.82 bits per heavy atom. The number of urea groups is 1. The van der Waals surface area contributed by atoms with Crippen LogP contribution in [0.25, 0.3) is 0 Å². The van der Waals surface area contributed by atoms with Gasteiger partial charge in [0.25, 0.3) is 0 Å². The van der Waals surface area contributed by atoms with E-state index in [1.54, 1.807) is 21.9 Å². The number of halogens is 1. The van der Waals surface area contributed by atoms with Crippen molar-refractivity contribution < 1.29 is 18.1 Å². The number of nitrogens with zero attached hydrogens (tertiary/aromatic N) is 2. The maximum absolute atomic E-state index is 12.9. The van der Waals surface area contributed by atoms with Crippen LogP contribution in [0.3, 0.4) is 0 Å². The lowest BCUT2D eigenvalue weighted by atomic mass is 10.3. The van der Waals surface area contributed by atoms with Crippen LogP contribution < -0.4 is 0 Å². The Labute approximate surface area is 131 Å². The van der Waals surface area contributed by atoms with Crippen LogP contribution in [0, 0.1) is 5.82 Å². The predicted octanol–water partition coefficient (Wildman–Crippen LogP) is 1.46. The van der Waals surface area contributed by atoms with Gasteiger partial charge in [-0.3, -0.25) is 4.21 Å². The predicted molar refractivity (Wildman–Crippen MR) is 80.6 cm³/mol. The first-order valence-corrected chi connectivity index (χ1v) is 8.64. The number of likely N-dealkylation sites (tertiary alicyclic amines) is 1. The number of hydrogen-bond acceptors (Lipinski definition) is 3. The zero-order valence-electron chi connectivity index (χ0n) is 12.2. The van der Waals surface area contributed by atoms with E-state index in [2.05, 4.69) is 0 Å². The molecule has 2 heterocycles. The number of morpholine rings is 1. The van der Waals surface area contributed by atoms with Gasteiger partial charge in [0, 0.05) is 31.1 Å². The summed E-state index contributed by atoms with van der Waals surface area (Å²) in [4.78, 5) is 16.6. The number of hydrogen-bond donors (Lipinski definition) is 0. The molecule has 2 atom stereocenters. The van der Waals surface area contributed by atoms with Gasteiger partial charge in [0.05, 0.1) is 29.3 Å². The van der Waals surface area contributed by atoms with Crippen molar-refractivity contribution in [3.8, 4) is 0 Å². The highest BCUT2D eigenvalue weighted by atomic mass is 32.2. The molecule has 1 aromatic rings. The summed E-state index contributed by atoms with van der Waals surface area (Å²) in [5.41, 5.74) is 0. The van der Waals surface area contributed by atoms with Crippen molar-refractivity contribution in [1.29, 1.82) is 0 Å². The van der Waals surface area contributed by atoms with Gasteiger partial charge in [0.15, 0.2) is 0 Å². The van der Waals surface area contributed by atoms with Crippen molar-refractivity contribution in [2.75, 3.05) is 39.4 Å². The number of ether oxygens (including phenoxy) is 1. The molecule has 22 heavy (non-hydrogen) atoms. The zero-order chi connectivity index (χ0) is 15.5. The van der Waals surface area contributed by atoms with Gasteiger partial charge in [-0.1, -0.05) is 0 Å².